The van der Waals surface area contributed by atoms with Gasteiger partial charge in [0.2, 0.25) is 5.91 Å². The standard InChI is InChI=1S/C18H26N2O3/c1-15-4-6-16(7-5-15)23-14-18(22)8-11-19(13-18)12-17(21)20-9-2-3-10-20/h4-7,22H,2-3,8-14H2,1H3/t18-/m1/s1. The Morgan fingerprint density at radius 1 is 1.22 bits per heavy atom. The van der Waals surface area contributed by atoms with Crippen LogP contribution in [-0.4, -0.2) is 65.7 Å². The van der Waals surface area contributed by atoms with Gasteiger partial charge in [-0.3, -0.25) is 9.69 Å². The molecule has 126 valence electrons. The van der Waals surface area contributed by atoms with E-state index in [0.29, 0.717) is 19.5 Å². The van der Waals surface area contributed by atoms with Gasteiger partial charge >= 0.3 is 0 Å². The Labute approximate surface area is 137 Å². The predicted octanol–water partition coefficient (Wildman–Crippen LogP) is 1.43. The van der Waals surface area contributed by atoms with Crippen molar-refractivity contribution in [1.82, 2.24) is 9.80 Å². The Kier molecular flexibility index (Phi) is 4.87. The van der Waals surface area contributed by atoms with Gasteiger partial charge in [0.15, 0.2) is 0 Å². The summed E-state index contributed by atoms with van der Waals surface area (Å²) in [5, 5.41) is 10.7. The Balaban J connectivity index is 1.47. The number of ether oxygens (including phenoxy) is 1. The van der Waals surface area contributed by atoms with Gasteiger partial charge in [0, 0.05) is 26.2 Å². The molecule has 1 amide bonds. The van der Waals surface area contributed by atoms with Crippen LogP contribution in [-0.2, 0) is 4.79 Å². The highest BCUT2D eigenvalue weighted by atomic mass is 16.5. The van der Waals surface area contributed by atoms with E-state index >= 15 is 0 Å². The molecule has 0 aliphatic carbocycles. The average molecular weight is 318 g/mol. The third-order valence-corrected chi connectivity index (χ3v) is 4.76. The number of benzene rings is 1. The number of amides is 1. The summed E-state index contributed by atoms with van der Waals surface area (Å²) < 4.78 is 5.73. The number of hydrogen-bond donors (Lipinski definition) is 1. The number of β-amino-alcohol motifs (C(OH)–C–C–N with tert-alkyl or cyclic N) is 1. The number of carbonyl (C=O) groups is 1. The Hall–Kier alpha value is -1.59. The molecule has 2 saturated heterocycles. The fourth-order valence-electron chi connectivity index (χ4n) is 3.30. The van der Waals surface area contributed by atoms with E-state index in [1.54, 1.807) is 0 Å². The zero-order valence-electron chi connectivity index (χ0n) is 13.8. The van der Waals surface area contributed by atoms with Gasteiger partial charge in [-0.15, -0.1) is 0 Å². The summed E-state index contributed by atoms with van der Waals surface area (Å²) in [5.41, 5.74) is 0.319. The van der Waals surface area contributed by atoms with E-state index in [4.69, 9.17) is 4.74 Å². The van der Waals surface area contributed by atoms with Crippen LogP contribution < -0.4 is 4.74 Å². The maximum absolute atomic E-state index is 12.2. The summed E-state index contributed by atoms with van der Waals surface area (Å²) in [6.07, 6.45) is 2.87. The van der Waals surface area contributed by atoms with Crippen LogP contribution in [0.3, 0.4) is 0 Å². The minimum Gasteiger partial charge on any atom is -0.491 e. The Bertz CT molecular complexity index is 540. The van der Waals surface area contributed by atoms with E-state index in [9.17, 15) is 9.90 Å². The fourth-order valence-corrected chi connectivity index (χ4v) is 3.30. The molecule has 0 saturated carbocycles. The topological polar surface area (TPSA) is 53.0 Å². The number of rotatable bonds is 5. The van der Waals surface area contributed by atoms with Crippen LogP contribution in [0.15, 0.2) is 24.3 Å². The molecule has 3 rings (SSSR count). The average Bonchev–Trinajstić information content (AvgIpc) is 3.17. The van der Waals surface area contributed by atoms with Crippen molar-refractivity contribution in [1.29, 1.82) is 0 Å². The van der Waals surface area contributed by atoms with Crippen LogP contribution in [0.2, 0.25) is 0 Å². The highest BCUT2D eigenvalue weighted by Gasteiger charge is 2.38. The molecule has 1 aromatic rings. The minimum absolute atomic E-state index is 0.186. The molecule has 1 atom stereocenters. The summed E-state index contributed by atoms with van der Waals surface area (Å²) in [7, 11) is 0. The number of nitrogens with zero attached hydrogens (tertiary/aromatic N) is 2. The van der Waals surface area contributed by atoms with Crippen molar-refractivity contribution in [2.24, 2.45) is 0 Å². The van der Waals surface area contributed by atoms with E-state index in [1.165, 1.54) is 5.56 Å². The van der Waals surface area contributed by atoms with Crippen molar-refractivity contribution >= 4 is 5.91 Å². The molecule has 5 heteroatoms. The third-order valence-electron chi connectivity index (χ3n) is 4.76. The molecule has 2 heterocycles. The van der Waals surface area contributed by atoms with Crippen molar-refractivity contribution in [3.05, 3.63) is 29.8 Å². The van der Waals surface area contributed by atoms with Gasteiger partial charge in [0.25, 0.3) is 0 Å². The van der Waals surface area contributed by atoms with Crippen LogP contribution in [0.5, 0.6) is 5.75 Å². The number of aryl methyl sites for hydroxylation is 1. The van der Waals surface area contributed by atoms with Gasteiger partial charge in [-0.1, -0.05) is 17.7 Å². The van der Waals surface area contributed by atoms with Crippen LogP contribution >= 0.6 is 0 Å². The largest absolute Gasteiger partial charge is 0.491 e. The minimum atomic E-state index is -0.865. The molecule has 2 aliphatic heterocycles. The van der Waals surface area contributed by atoms with E-state index in [2.05, 4.69) is 0 Å². The van der Waals surface area contributed by atoms with Crippen molar-refractivity contribution in [3.8, 4) is 5.75 Å². The lowest BCUT2D eigenvalue weighted by Crippen LogP contribution is -2.42. The van der Waals surface area contributed by atoms with E-state index in [1.807, 2.05) is 41.0 Å². The molecule has 2 aliphatic rings. The first kappa shape index (κ1) is 16.3. The fraction of sp³-hybridized carbons (Fsp3) is 0.611. The molecule has 0 aromatic heterocycles. The van der Waals surface area contributed by atoms with Crippen molar-refractivity contribution in [2.75, 3.05) is 39.3 Å². The first-order valence-corrected chi connectivity index (χ1v) is 8.46. The number of likely N-dealkylation sites (tertiary alicyclic amines) is 2. The highest BCUT2D eigenvalue weighted by molar-refractivity contribution is 5.78. The second-order valence-electron chi connectivity index (χ2n) is 6.87. The Morgan fingerprint density at radius 3 is 2.61 bits per heavy atom. The second-order valence-corrected chi connectivity index (χ2v) is 6.87. The van der Waals surface area contributed by atoms with Gasteiger partial charge in [-0.05, 0) is 38.3 Å². The molecule has 23 heavy (non-hydrogen) atoms. The van der Waals surface area contributed by atoms with Crippen molar-refractivity contribution in [3.63, 3.8) is 0 Å². The van der Waals surface area contributed by atoms with Gasteiger partial charge in [0.1, 0.15) is 18.0 Å². The quantitative estimate of drug-likeness (QED) is 0.892. The van der Waals surface area contributed by atoms with Gasteiger partial charge in [-0.25, -0.2) is 0 Å². The molecular weight excluding hydrogens is 292 g/mol. The van der Waals surface area contributed by atoms with Gasteiger partial charge in [-0.2, -0.15) is 0 Å². The molecule has 1 N–H and O–H groups in total. The molecule has 1 aromatic carbocycles. The number of aliphatic hydroxyl groups is 1. The second kappa shape index (κ2) is 6.89. The maximum atomic E-state index is 12.2. The van der Waals surface area contributed by atoms with Crippen molar-refractivity contribution < 1.29 is 14.6 Å². The zero-order valence-corrected chi connectivity index (χ0v) is 13.8. The first-order valence-electron chi connectivity index (χ1n) is 8.46. The third kappa shape index (κ3) is 4.24. The summed E-state index contributed by atoms with van der Waals surface area (Å²) >= 11 is 0. The van der Waals surface area contributed by atoms with Crippen LogP contribution in [0.4, 0.5) is 0 Å². The molecular formula is C18H26N2O3. The van der Waals surface area contributed by atoms with Crippen molar-refractivity contribution in [2.45, 2.75) is 31.8 Å². The van der Waals surface area contributed by atoms with E-state index in [-0.39, 0.29) is 12.5 Å². The molecule has 5 nitrogen and oxygen atoms in total. The molecule has 2 fully saturated rings. The van der Waals surface area contributed by atoms with E-state index in [0.717, 1.165) is 38.2 Å². The highest BCUT2D eigenvalue weighted by Crippen LogP contribution is 2.23. The van der Waals surface area contributed by atoms with Crippen LogP contribution in [0, 0.1) is 6.92 Å². The molecule has 0 bridgehead atoms. The Morgan fingerprint density at radius 2 is 1.91 bits per heavy atom. The summed E-state index contributed by atoms with van der Waals surface area (Å²) in [6.45, 7) is 5.72. The van der Waals surface area contributed by atoms with E-state index < -0.39 is 5.60 Å². The van der Waals surface area contributed by atoms with Gasteiger partial charge < -0.3 is 14.7 Å². The lowest BCUT2D eigenvalue weighted by molar-refractivity contribution is -0.131. The lowest BCUT2D eigenvalue weighted by Gasteiger charge is -2.24. The smallest absolute Gasteiger partial charge is 0.236 e. The van der Waals surface area contributed by atoms with Crippen LogP contribution in [0.1, 0.15) is 24.8 Å². The maximum Gasteiger partial charge on any atom is 0.236 e. The van der Waals surface area contributed by atoms with Gasteiger partial charge in [0.05, 0.1) is 6.54 Å². The molecule has 0 radical (unpaired) electrons. The summed E-state index contributed by atoms with van der Waals surface area (Å²) in [6, 6.07) is 7.83. The molecule has 0 spiro atoms. The SMILES string of the molecule is Cc1ccc(OC[C@@]2(O)CCN(CC(=O)N3CCCC3)C2)cc1. The lowest BCUT2D eigenvalue weighted by atomic mass is 10.1. The predicted molar refractivity (Wildman–Crippen MR) is 88.5 cm³/mol. The molecule has 0 unspecified atom stereocenters. The normalized spacial score (nSPS) is 25.0. The number of hydrogen-bond acceptors (Lipinski definition) is 4. The summed E-state index contributed by atoms with van der Waals surface area (Å²) in [4.78, 5) is 16.2. The summed E-state index contributed by atoms with van der Waals surface area (Å²) in [5.74, 6) is 0.960. The zero-order chi connectivity index (χ0) is 16.3. The monoisotopic (exact) mass is 318 g/mol. The van der Waals surface area contributed by atoms with Crippen LogP contribution in [0.25, 0.3) is 0 Å². The first-order chi connectivity index (χ1) is 11.0. The number of carbonyl (C=O) groups excluding carboxylic acids is 1.